The lowest BCUT2D eigenvalue weighted by Crippen LogP contribution is -3.00. The summed E-state index contributed by atoms with van der Waals surface area (Å²) < 4.78 is 2.40. The van der Waals surface area contributed by atoms with Crippen LogP contribution in [0.25, 0.3) is 32.8 Å². The fourth-order valence-electron chi connectivity index (χ4n) is 3.60. The summed E-state index contributed by atoms with van der Waals surface area (Å²) in [6.07, 6.45) is 2.29. The summed E-state index contributed by atoms with van der Waals surface area (Å²) >= 11 is 0. The smallest absolute Gasteiger partial charge is 0.221 e. The predicted octanol–water partition coefficient (Wildman–Crippen LogP) is 1.31. The maximum absolute atomic E-state index is 2.40. The second kappa shape index (κ2) is 4.82. The molecule has 106 valence electrons. The van der Waals surface area contributed by atoms with Gasteiger partial charge in [0, 0.05) is 16.3 Å². The van der Waals surface area contributed by atoms with E-state index in [4.69, 9.17) is 0 Å². The van der Waals surface area contributed by atoms with Crippen molar-refractivity contribution >= 4 is 21.7 Å². The minimum atomic E-state index is 0. The second-order valence-electron chi connectivity index (χ2n) is 5.70. The Balaban J connectivity index is 0.00000125. The standard InChI is InChI=1S/C20H14N.ClH/c1-3-8-16-14(6-1)12-21-13-15-7-2-4-9-17(15)19-11-5-10-18(16)20(19)21;/h1-12H,13H2;1H/q+1;/p-1. The topological polar surface area (TPSA) is 3.88 Å². The number of para-hydroxylation sites is 1. The van der Waals surface area contributed by atoms with Gasteiger partial charge in [0.2, 0.25) is 5.52 Å². The van der Waals surface area contributed by atoms with Crippen molar-refractivity contribution in [2.75, 3.05) is 0 Å². The second-order valence-corrected chi connectivity index (χ2v) is 5.70. The molecule has 0 atom stereocenters. The summed E-state index contributed by atoms with van der Waals surface area (Å²) in [5.41, 5.74) is 5.48. The van der Waals surface area contributed by atoms with Crippen molar-refractivity contribution in [2.24, 2.45) is 0 Å². The van der Waals surface area contributed by atoms with Crippen LogP contribution in [0.3, 0.4) is 0 Å². The van der Waals surface area contributed by atoms with Crippen molar-refractivity contribution in [1.29, 1.82) is 0 Å². The number of hydrogen-bond acceptors (Lipinski definition) is 0. The van der Waals surface area contributed by atoms with E-state index in [-0.39, 0.29) is 12.4 Å². The van der Waals surface area contributed by atoms with Crippen LogP contribution in [-0.4, -0.2) is 0 Å². The minimum absolute atomic E-state index is 0. The SMILES string of the molecule is [Cl-].c1ccc2c(c1)C[n+]1cc3ccccc3c3cccc-2c31. The normalized spacial score (nSPS) is 12.0. The van der Waals surface area contributed by atoms with Gasteiger partial charge in [0.25, 0.3) is 0 Å². The van der Waals surface area contributed by atoms with Crippen LogP contribution in [0, 0.1) is 0 Å². The zero-order valence-electron chi connectivity index (χ0n) is 12.0. The summed E-state index contributed by atoms with van der Waals surface area (Å²) in [5.74, 6) is 0. The van der Waals surface area contributed by atoms with Gasteiger partial charge in [-0.15, -0.1) is 0 Å². The van der Waals surface area contributed by atoms with Gasteiger partial charge in [-0.1, -0.05) is 48.5 Å². The molecule has 1 aliphatic heterocycles. The third kappa shape index (κ3) is 1.69. The van der Waals surface area contributed by atoms with E-state index in [2.05, 4.69) is 77.5 Å². The third-order valence-electron chi connectivity index (χ3n) is 4.52. The lowest BCUT2D eigenvalue weighted by Gasteiger charge is -2.16. The fraction of sp³-hybridized carbons (Fsp3) is 0.0500. The Bertz CT molecular complexity index is 1020. The van der Waals surface area contributed by atoms with Crippen molar-refractivity contribution < 1.29 is 17.0 Å². The maximum Gasteiger partial charge on any atom is 0.221 e. The van der Waals surface area contributed by atoms with E-state index < -0.39 is 0 Å². The third-order valence-corrected chi connectivity index (χ3v) is 4.52. The molecular formula is C20H14ClN. The average molecular weight is 304 g/mol. The molecular weight excluding hydrogens is 290 g/mol. The Morgan fingerprint density at radius 3 is 2.36 bits per heavy atom. The molecule has 2 heteroatoms. The number of aromatic nitrogens is 1. The van der Waals surface area contributed by atoms with E-state index in [1.807, 2.05) is 0 Å². The molecule has 0 fully saturated rings. The summed E-state index contributed by atoms with van der Waals surface area (Å²) in [6, 6.07) is 24.1. The number of pyridine rings is 1. The quantitative estimate of drug-likeness (QED) is 0.300. The summed E-state index contributed by atoms with van der Waals surface area (Å²) in [5, 5.41) is 3.99. The van der Waals surface area contributed by atoms with Crippen molar-refractivity contribution in [3.8, 4) is 11.1 Å². The van der Waals surface area contributed by atoms with Crippen LogP contribution >= 0.6 is 0 Å². The van der Waals surface area contributed by atoms with Crippen LogP contribution in [0.4, 0.5) is 0 Å². The van der Waals surface area contributed by atoms with Gasteiger partial charge in [0.05, 0.1) is 10.9 Å². The number of halogens is 1. The monoisotopic (exact) mass is 303 g/mol. The van der Waals surface area contributed by atoms with Crippen LogP contribution in [0.1, 0.15) is 5.56 Å². The van der Waals surface area contributed by atoms with E-state index in [0.717, 1.165) is 6.54 Å². The lowest BCUT2D eigenvalue weighted by molar-refractivity contribution is -0.661. The van der Waals surface area contributed by atoms with Crippen LogP contribution in [0.15, 0.2) is 72.9 Å². The molecule has 0 radical (unpaired) electrons. The van der Waals surface area contributed by atoms with Crippen molar-refractivity contribution in [2.45, 2.75) is 6.54 Å². The maximum atomic E-state index is 2.40. The first-order valence-corrected chi connectivity index (χ1v) is 7.34. The van der Waals surface area contributed by atoms with Crippen molar-refractivity contribution in [3.05, 3.63) is 78.5 Å². The largest absolute Gasteiger partial charge is 1.00 e. The molecule has 0 bridgehead atoms. The van der Waals surface area contributed by atoms with Crippen LogP contribution in [-0.2, 0) is 6.54 Å². The minimum Gasteiger partial charge on any atom is -1.00 e. The number of rotatable bonds is 0. The predicted molar refractivity (Wildman–Crippen MR) is 86.2 cm³/mol. The van der Waals surface area contributed by atoms with Gasteiger partial charge in [0.15, 0.2) is 12.7 Å². The highest BCUT2D eigenvalue weighted by atomic mass is 35.5. The highest BCUT2D eigenvalue weighted by molar-refractivity contribution is 6.08. The fourth-order valence-corrected chi connectivity index (χ4v) is 3.60. The molecule has 1 nitrogen and oxygen atoms in total. The average Bonchev–Trinajstić information content (AvgIpc) is 2.55. The van der Waals surface area contributed by atoms with E-state index in [0.29, 0.717) is 0 Å². The molecule has 0 unspecified atom stereocenters. The molecule has 5 rings (SSSR count). The summed E-state index contributed by atoms with van der Waals surface area (Å²) in [6.45, 7) is 0.953. The Hall–Kier alpha value is -2.38. The molecule has 0 saturated carbocycles. The van der Waals surface area contributed by atoms with Crippen LogP contribution in [0.2, 0.25) is 0 Å². The van der Waals surface area contributed by atoms with Crippen LogP contribution in [0.5, 0.6) is 0 Å². The van der Waals surface area contributed by atoms with Crippen molar-refractivity contribution in [3.63, 3.8) is 0 Å². The molecule has 2 heterocycles. The Labute approximate surface area is 135 Å². The van der Waals surface area contributed by atoms with E-state index >= 15 is 0 Å². The number of fused-ring (bicyclic) bond motifs is 4. The van der Waals surface area contributed by atoms with Gasteiger partial charge in [-0.25, -0.2) is 0 Å². The molecule has 1 aliphatic rings. The highest BCUT2D eigenvalue weighted by Gasteiger charge is 2.24. The van der Waals surface area contributed by atoms with Gasteiger partial charge >= 0.3 is 0 Å². The highest BCUT2D eigenvalue weighted by Crippen LogP contribution is 2.35. The van der Waals surface area contributed by atoms with Crippen LogP contribution < -0.4 is 17.0 Å². The van der Waals surface area contributed by atoms with Gasteiger partial charge in [-0.05, 0) is 23.8 Å². The Morgan fingerprint density at radius 2 is 1.41 bits per heavy atom. The zero-order chi connectivity index (χ0) is 13.8. The first-order chi connectivity index (χ1) is 10.4. The molecule has 22 heavy (non-hydrogen) atoms. The molecule has 0 N–H and O–H groups in total. The molecule has 0 amide bonds. The van der Waals surface area contributed by atoms with Crippen molar-refractivity contribution in [1.82, 2.24) is 0 Å². The Morgan fingerprint density at radius 1 is 0.682 bits per heavy atom. The van der Waals surface area contributed by atoms with E-state index in [1.165, 1.54) is 38.4 Å². The zero-order valence-corrected chi connectivity index (χ0v) is 12.7. The molecule has 0 aliphatic carbocycles. The molecule has 3 aromatic carbocycles. The van der Waals surface area contributed by atoms with Gasteiger partial charge in [-0.2, -0.15) is 4.57 Å². The molecule has 0 spiro atoms. The van der Waals surface area contributed by atoms with E-state index in [1.54, 1.807) is 0 Å². The van der Waals surface area contributed by atoms with Gasteiger partial charge < -0.3 is 12.4 Å². The Kier molecular flexibility index (Phi) is 2.91. The summed E-state index contributed by atoms with van der Waals surface area (Å²) in [7, 11) is 0. The molecule has 4 aromatic rings. The first-order valence-electron chi connectivity index (χ1n) is 7.34. The van der Waals surface area contributed by atoms with Gasteiger partial charge in [0.1, 0.15) is 0 Å². The van der Waals surface area contributed by atoms with E-state index in [9.17, 15) is 0 Å². The number of benzene rings is 3. The first kappa shape index (κ1) is 13.3. The number of hydrogen-bond donors (Lipinski definition) is 0. The summed E-state index contributed by atoms with van der Waals surface area (Å²) in [4.78, 5) is 0. The number of nitrogens with zero attached hydrogens (tertiary/aromatic N) is 1. The molecule has 1 aromatic heterocycles. The molecule has 0 saturated heterocycles. The van der Waals surface area contributed by atoms with Gasteiger partial charge in [-0.3, -0.25) is 0 Å². The lowest BCUT2D eigenvalue weighted by atomic mass is 9.92.